The first-order chi connectivity index (χ1) is 17.0. The van der Waals surface area contributed by atoms with Crippen molar-refractivity contribution in [2.45, 2.75) is 6.42 Å². The number of ether oxygens (including phenoxy) is 1. The minimum absolute atomic E-state index is 0.00728. The third-order valence-electron chi connectivity index (χ3n) is 6.55. The van der Waals surface area contributed by atoms with Crippen LogP contribution in [0.15, 0.2) is 65.4 Å². The van der Waals surface area contributed by atoms with Gasteiger partial charge in [-0.15, -0.1) is 0 Å². The van der Waals surface area contributed by atoms with Gasteiger partial charge in [0.2, 0.25) is 11.8 Å². The molecule has 1 unspecified atom stereocenters. The summed E-state index contributed by atoms with van der Waals surface area (Å²) in [7, 11) is 1.64. The highest BCUT2D eigenvalue weighted by Gasteiger charge is 2.38. The first kappa shape index (κ1) is 23.3. The number of amides is 2. The predicted octanol–water partition coefficient (Wildman–Crippen LogP) is 3.62. The van der Waals surface area contributed by atoms with Gasteiger partial charge in [-0.2, -0.15) is 0 Å². The Bertz CT molecular complexity index is 1230. The summed E-state index contributed by atoms with van der Waals surface area (Å²) in [6.45, 7) is 2.98. The van der Waals surface area contributed by atoms with Crippen molar-refractivity contribution in [3.63, 3.8) is 0 Å². The third-order valence-corrected chi connectivity index (χ3v) is 7.04. The lowest BCUT2D eigenvalue weighted by Crippen LogP contribution is -2.51. The predicted molar refractivity (Wildman–Crippen MR) is 137 cm³/mol. The Morgan fingerprint density at radius 1 is 1.03 bits per heavy atom. The summed E-state index contributed by atoms with van der Waals surface area (Å²) >= 11 is 3.45. The van der Waals surface area contributed by atoms with E-state index in [-0.39, 0.29) is 24.2 Å². The van der Waals surface area contributed by atoms with Gasteiger partial charge >= 0.3 is 0 Å². The van der Waals surface area contributed by atoms with E-state index in [0.717, 1.165) is 33.0 Å². The van der Waals surface area contributed by atoms with E-state index in [4.69, 9.17) is 4.74 Å². The number of methoxy groups -OCH3 is 1. The second-order valence-corrected chi connectivity index (χ2v) is 9.60. The van der Waals surface area contributed by atoms with Crippen LogP contribution in [0.5, 0.6) is 5.75 Å². The van der Waals surface area contributed by atoms with Crippen molar-refractivity contribution < 1.29 is 14.3 Å². The van der Waals surface area contributed by atoms with Gasteiger partial charge in [-0.05, 0) is 42.5 Å². The zero-order valence-electron chi connectivity index (χ0n) is 19.4. The summed E-state index contributed by atoms with van der Waals surface area (Å²) in [6.07, 6.45) is 1.83. The van der Waals surface area contributed by atoms with Gasteiger partial charge in [0.25, 0.3) is 0 Å². The molecule has 2 aliphatic heterocycles. The summed E-state index contributed by atoms with van der Waals surface area (Å²) < 4.78 is 6.14. The largest absolute Gasteiger partial charge is 0.497 e. The van der Waals surface area contributed by atoms with Crippen LogP contribution in [0.1, 0.15) is 6.42 Å². The maximum absolute atomic E-state index is 13.2. The van der Waals surface area contributed by atoms with Crippen molar-refractivity contribution in [2.75, 3.05) is 49.6 Å². The number of piperazine rings is 1. The Kier molecular flexibility index (Phi) is 6.68. The Morgan fingerprint density at radius 3 is 2.51 bits per heavy atom. The molecule has 35 heavy (non-hydrogen) atoms. The lowest BCUT2D eigenvalue weighted by molar-refractivity contribution is -0.136. The molecule has 2 aliphatic rings. The maximum Gasteiger partial charge on any atom is 0.228 e. The van der Waals surface area contributed by atoms with Crippen molar-refractivity contribution in [3.8, 4) is 17.0 Å². The normalized spacial score (nSPS) is 18.2. The van der Waals surface area contributed by atoms with E-state index in [1.54, 1.807) is 18.3 Å². The highest BCUT2D eigenvalue weighted by Crippen LogP contribution is 2.29. The molecule has 0 saturated carbocycles. The Labute approximate surface area is 212 Å². The van der Waals surface area contributed by atoms with Crippen LogP contribution in [0.4, 0.5) is 11.5 Å². The van der Waals surface area contributed by atoms with Crippen molar-refractivity contribution in [3.05, 3.63) is 65.4 Å². The van der Waals surface area contributed by atoms with Crippen molar-refractivity contribution in [1.82, 2.24) is 14.9 Å². The molecule has 8 nitrogen and oxygen atoms in total. The fourth-order valence-corrected chi connectivity index (χ4v) is 5.01. The minimum Gasteiger partial charge on any atom is -0.497 e. The molecule has 2 aromatic carbocycles. The number of carbonyl (C=O) groups excluding carboxylic acids is 2. The zero-order chi connectivity index (χ0) is 24.4. The van der Waals surface area contributed by atoms with Crippen LogP contribution in [0.3, 0.4) is 0 Å². The smallest absolute Gasteiger partial charge is 0.228 e. The Morgan fingerprint density at radius 2 is 1.80 bits per heavy atom. The molecular weight excluding hydrogens is 510 g/mol. The molecule has 0 aliphatic carbocycles. The molecule has 2 amide bonds. The van der Waals surface area contributed by atoms with E-state index in [1.807, 2.05) is 59.5 Å². The van der Waals surface area contributed by atoms with Gasteiger partial charge in [-0.3, -0.25) is 9.59 Å². The summed E-state index contributed by atoms with van der Waals surface area (Å²) in [4.78, 5) is 40.5. The van der Waals surface area contributed by atoms with Crippen LogP contribution in [0.25, 0.3) is 11.3 Å². The molecular formula is C26H26BrN5O3. The van der Waals surface area contributed by atoms with Gasteiger partial charge in [-0.1, -0.05) is 22.0 Å². The Hall–Kier alpha value is -3.46. The molecule has 1 atom stereocenters. The molecule has 3 heterocycles. The van der Waals surface area contributed by atoms with Gasteiger partial charge in [0.15, 0.2) is 0 Å². The maximum atomic E-state index is 13.2. The lowest BCUT2D eigenvalue weighted by atomic mass is 10.1. The number of carbonyl (C=O) groups is 2. The molecule has 2 saturated heterocycles. The van der Waals surface area contributed by atoms with Gasteiger partial charge in [0.1, 0.15) is 17.9 Å². The average Bonchev–Trinajstić information content (AvgIpc) is 3.30. The van der Waals surface area contributed by atoms with E-state index in [0.29, 0.717) is 32.7 Å². The van der Waals surface area contributed by atoms with E-state index >= 15 is 0 Å². The summed E-state index contributed by atoms with van der Waals surface area (Å²) in [5.41, 5.74) is 2.65. The minimum atomic E-state index is -0.311. The molecule has 180 valence electrons. The van der Waals surface area contributed by atoms with Gasteiger partial charge in [0, 0.05) is 60.9 Å². The van der Waals surface area contributed by atoms with Crippen LogP contribution < -0.4 is 14.5 Å². The van der Waals surface area contributed by atoms with Crippen LogP contribution in [-0.4, -0.2) is 66.5 Å². The summed E-state index contributed by atoms with van der Waals surface area (Å²) in [6, 6.07) is 17.4. The van der Waals surface area contributed by atoms with Gasteiger partial charge < -0.3 is 19.4 Å². The quantitative estimate of drug-likeness (QED) is 0.496. The lowest BCUT2D eigenvalue weighted by Gasteiger charge is -2.36. The number of hydrogen-bond acceptors (Lipinski definition) is 6. The van der Waals surface area contributed by atoms with Crippen LogP contribution in [0, 0.1) is 5.92 Å². The Balaban J connectivity index is 1.20. The number of anilines is 2. The van der Waals surface area contributed by atoms with Crippen LogP contribution >= 0.6 is 15.9 Å². The first-order valence-electron chi connectivity index (χ1n) is 11.6. The van der Waals surface area contributed by atoms with E-state index < -0.39 is 0 Å². The number of hydrogen-bond donors (Lipinski definition) is 0. The standard InChI is InChI=1S/C26H26BrN5O3/c1-35-22-7-5-18(6-8-22)23-15-24(29-17-28-23)30-9-11-31(12-10-30)26(34)19-13-25(33)32(16-19)21-4-2-3-20(27)14-21/h2-8,14-15,17,19H,9-13,16H2,1H3. The molecule has 0 N–H and O–H groups in total. The first-order valence-corrected chi connectivity index (χ1v) is 12.4. The molecule has 3 aromatic rings. The van der Waals surface area contributed by atoms with Crippen LogP contribution in [-0.2, 0) is 9.59 Å². The van der Waals surface area contributed by atoms with Crippen molar-refractivity contribution in [2.24, 2.45) is 5.92 Å². The molecule has 0 bridgehead atoms. The molecule has 2 fully saturated rings. The van der Waals surface area contributed by atoms with E-state index in [1.165, 1.54) is 0 Å². The SMILES string of the molecule is COc1ccc(-c2cc(N3CCN(C(=O)C4CC(=O)N(c5cccc(Br)c5)C4)CC3)ncn2)cc1. The number of aromatic nitrogens is 2. The molecule has 1 aromatic heterocycles. The molecule has 0 radical (unpaired) electrons. The van der Waals surface area contributed by atoms with Crippen molar-refractivity contribution >= 4 is 39.2 Å². The van der Waals surface area contributed by atoms with E-state index in [9.17, 15) is 9.59 Å². The zero-order valence-corrected chi connectivity index (χ0v) is 21.0. The molecule has 9 heteroatoms. The second-order valence-electron chi connectivity index (χ2n) is 8.69. The fourth-order valence-electron chi connectivity index (χ4n) is 4.62. The van der Waals surface area contributed by atoms with Crippen LogP contribution in [0.2, 0.25) is 0 Å². The molecule has 5 rings (SSSR count). The third kappa shape index (κ3) is 5.00. The topological polar surface area (TPSA) is 78.9 Å². The van der Waals surface area contributed by atoms with Crippen molar-refractivity contribution in [1.29, 1.82) is 0 Å². The number of benzene rings is 2. The van der Waals surface area contributed by atoms with E-state index in [2.05, 4.69) is 30.8 Å². The number of nitrogens with zero attached hydrogens (tertiary/aromatic N) is 5. The summed E-state index contributed by atoms with van der Waals surface area (Å²) in [5.74, 6) is 1.38. The average molecular weight is 536 g/mol. The number of rotatable bonds is 5. The molecule has 0 spiro atoms. The fraction of sp³-hybridized carbons (Fsp3) is 0.308. The second kappa shape index (κ2) is 10.0. The highest BCUT2D eigenvalue weighted by atomic mass is 79.9. The van der Waals surface area contributed by atoms with Gasteiger partial charge in [-0.25, -0.2) is 9.97 Å². The monoisotopic (exact) mass is 535 g/mol. The van der Waals surface area contributed by atoms with Gasteiger partial charge in [0.05, 0.1) is 18.7 Å². The summed E-state index contributed by atoms with van der Waals surface area (Å²) in [5, 5.41) is 0. The highest BCUT2D eigenvalue weighted by molar-refractivity contribution is 9.10. The number of halogens is 1.